The van der Waals surface area contributed by atoms with E-state index in [4.69, 9.17) is 0 Å². The van der Waals surface area contributed by atoms with E-state index in [1.807, 2.05) is 68.4 Å². The average molecular weight is 478 g/mol. The number of hydrogen-bond donors (Lipinski definition) is 1. The van der Waals surface area contributed by atoms with E-state index in [2.05, 4.69) is 36.5 Å². The number of anilines is 1. The van der Waals surface area contributed by atoms with Crippen LogP contribution in [0.1, 0.15) is 21.7 Å². The second-order valence-corrected chi connectivity index (χ2v) is 8.78. The number of rotatable bonds is 3. The van der Waals surface area contributed by atoms with Crippen LogP contribution in [0.2, 0.25) is 0 Å². The lowest BCUT2D eigenvalue weighted by molar-refractivity contribution is 0.102. The normalized spacial score (nSPS) is 11.3. The summed E-state index contributed by atoms with van der Waals surface area (Å²) < 4.78 is 2.69. The van der Waals surface area contributed by atoms with Crippen LogP contribution in [0.25, 0.3) is 26.3 Å². The molecule has 8 heteroatoms. The Kier molecular flexibility index (Phi) is 4.60. The third-order valence-electron chi connectivity index (χ3n) is 4.99. The van der Waals surface area contributed by atoms with Gasteiger partial charge in [-0.25, -0.2) is 0 Å². The molecule has 3 aromatic carbocycles. The highest BCUT2D eigenvalue weighted by Gasteiger charge is 2.15. The van der Waals surface area contributed by atoms with Crippen molar-refractivity contribution in [2.45, 2.75) is 13.8 Å². The predicted molar refractivity (Wildman–Crippen MR) is 123 cm³/mol. The molecule has 0 saturated carbocycles. The molecular weight excluding hydrogens is 462 g/mol. The van der Waals surface area contributed by atoms with Gasteiger partial charge < -0.3 is 5.32 Å². The Balaban J connectivity index is 1.51. The molecule has 0 aliphatic carbocycles. The van der Waals surface area contributed by atoms with Gasteiger partial charge in [0.15, 0.2) is 5.82 Å². The molecule has 0 bridgehead atoms. The summed E-state index contributed by atoms with van der Waals surface area (Å²) in [4.78, 5) is 13.9. The maximum absolute atomic E-state index is 13.1. The Morgan fingerprint density at radius 3 is 2.67 bits per heavy atom. The zero-order chi connectivity index (χ0) is 20.8. The molecule has 0 atom stereocenters. The van der Waals surface area contributed by atoms with Crippen LogP contribution in [0.15, 0.2) is 59.1 Å². The van der Waals surface area contributed by atoms with Gasteiger partial charge in [-0.1, -0.05) is 63.7 Å². The number of carbonyl (C=O) groups is 1. The number of amides is 1. The highest BCUT2D eigenvalue weighted by atomic mass is 79.9. The molecule has 1 amide bonds. The second kappa shape index (κ2) is 7.30. The molecule has 0 spiro atoms. The molecule has 0 radical (unpaired) electrons. The van der Waals surface area contributed by atoms with E-state index in [0.717, 1.165) is 47.9 Å². The average Bonchev–Trinajstić information content (AvgIpc) is 3.32. The number of benzene rings is 3. The van der Waals surface area contributed by atoms with Crippen molar-refractivity contribution >= 4 is 54.6 Å². The largest absolute Gasteiger partial charge is 0.322 e. The third kappa shape index (κ3) is 3.18. The van der Waals surface area contributed by atoms with E-state index < -0.39 is 0 Å². The quantitative estimate of drug-likeness (QED) is 0.365. The molecular formula is C22H16BrN5OS. The number of halogens is 1. The number of nitrogens with one attached hydrogen (secondary N) is 1. The molecule has 0 aliphatic rings. The number of carbonyl (C=O) groups excluding carboxylic acids is 1. The topological polar surface area (TPSA) is 72.2 Å². The molecule has 0 saturated heterocycles. The fraction of sp³-hybridized carbons (Fsp3) is 0.0909. The fourth-order valence-corrected chi connectivity index (χ4v) is 4.76. The number of aromatic nitrogens is 4. The minimum Gasteiger partial charge on any atom is -0.322 e. The minimum absolute atomic E-state index is 0.145. The van der Waals surface area contributed by atoms with Crippen molar-refractivity contribution in [3.8, 4) is 10.6 Å². The fourth-order valence-electron chi connectivity index (χ4n) is 3.38. The highest BCUT2D eigenvalue weighted by Crippen LogP contribution is 2.30. The monoisotopic (exact) mass is 477 g/mol. The van der Waals surface area contributed by atoms with Crippen molar-refractivity contribution in [2.24, 2.45) is 0 Å². The Bertz CT molecular complexity index is 1440. The van der Waals surface area contributed by atoms with Gasteiger partial charge in [0.05, 0.1) is 0 Å². The van der Waals surface area contributed by atoms with Crippen LogP contribution < -0.4 is 5.32 Å². The van der Waals surface area contributed by atoms with Crippen LogP contribution in [-0.2, 0) is 0 Å². The molecule has 0 fully saturated rings. The summed E-state index contributed by atoms with van der Waals surface area (Å²) in [6, 6.07) is 17.5. The Morgan fingerprint density at radius 2 is 1.83 bits per heavy atom. The Labute approximate surface area is 184 Å². The first-order chi connectivity index (χ1) is 14.5. The van der Waals surface area contributed by atoms with Gasteiger partial charge in [0.1, 0.15) is 5.01 Å². The van der Waals surface area contributed by atoms with Crippen molar-refractivity contribution in [1.82, 2.24) is 19.8 Å². The molecule has 148 valence electrons. The number of aryl methyl sites for hydroxylation is 2. The molecule has 6 nitrogen and oxygen atoms in total. The van der Waals surface area contributed by atoms with Gasteiger partial charge in [0.25, 0.3) is 5.91 Å². The van der Waals surface area contributed by atoms with Gasteiger partial charge in [-0.3, -0.25) is 4.79 Å². The van der Waals surface area contributed by atoms with Crippen LogP contribution in [0.3, 0.4) is 0 Å². The highest BCUT2D eigenvalue weighted by molar-refractivity contribution is 9.10. The lowest BCUT2D eigenvalue weighted by atomic mass is 10.0. The van der Waals surface area contributed by atoms with E-state index in [0.29, 0.717) is 5.56 Å². The maximum atomic E-state index is 13.1. The van der Waals surface area contributed by atoms with Crippen LogP contribution in [0, 0.1) is 13.8 Å². The van der Waals surface area contributed by atoms with E-state index in [9.17, 15) is 4.79 Å². The first-order valence-electron chi connectivity index (χ1n) is 9.30. The minimum atomic E-state index is -0.145. The summed E-state index contributed by atoms with van der Waals surface area (Å²) in [5.74, 6) is 0.600. The molecule has 2 heterocycles. The van der Waals surface area contributed by atoms with Crippen molar-refractivity contribution in [3.63, 3.8) is 0 Å². The molecule has 5 rings (SSSR count). The lowest BCUT2D eigenvalue weighted by Crippen LogP contribution is -2.13. The summed E-state index contributed by atoms with van der Waals surface area (Å²) in [7, 11) is 0. The van der Waals surface area contributed by atoms with Crippen LogP contribution >= 0.6 is 27.3 Å². The molecule has 30 heavy (non-hydrogen) atoms. The molecule has 0 unspecified atom stereocenters. The van der Waals surface area contributed by atoms with Gasteiger partial charge in [-0.2, -0.15) is 9.61 Å². The number of fused-ring (bicyclic) bond motifs is 2. The van der Waals surface area contributed by atoms with Gasteiger partial charge in [-0.05, 0) is 48.4 Å². The van der Waals surface area contributed by atoms with Crippen LogP contribution in [-0.4, -0.2) is 25.7 Å². The maximum Gasteiger partial charge on any atom is 0.256 e. The van der Waals surface area contributed by atoms with Crippen molar-refractivity contribution < 1.29 is 4.79 Å². The molecule has 5 aromatic rings. The summed E-state index contributed by atoms with van der Waals surface area (Å²) >= 11 is 5.03. The first kappa shape index (κ1) is 18.9. The van der Waals surface area contributed by atoms with E-state index >= 15 is 0 Å². The zero-order valence-corrected chi connectivity index (χ0v) is 18.6. The summed E-state index contributed by atoms with van der Waals surface area (Å²) in [6.45, 7) is 3.84. The van der Waals surface area contributed by atoms with E-state index in [1.165, 1.54) is 11.3 Å². The molecule has 1 N–H and O–H groups in total. The Morgan fingerprint density at radius 1 is 1.03 bits per heavy atom. The summed E-state index contributed by atoms with van der Waals surface area (Å²) in [5.41, 5.74) is 3.29. The first-order valence-corrected chi connectivity index (χ1v) is 10.9. The smallest absolute Gasteiger partial charge is 0.256 e. The van der Waals surface area contributed by atoms with Crippen LogP contribution in [0.4, 0.5) is 5.69 Å². The zero-order valence-electron chi connectivity index (χ0n) is 16.2. The van der Waals surface area contributed by atoms with Gasteiger partial charge in [0, 0.05) is 21.3 Å². The van der Waals surface area contributed by atoms with E-state index in [1.54, 1.807) is 4.52 Å². The summed E-state index contributed by atoms with van der Waals surface area (Å²) in [6.07, 6.45) is 0. The number of hydrogen-bond acceptors (Lipinski definition) is 5. The molecule has 2 aromatic heterocycles. The molecule has 0 aliphatic heterocycles. The van der Waals surface area contributed by atoms with Gasteiger partial charge in [-0.15, -0.1) is 10.2 Å². The number of nitrogens with zero attached hydrogens (tertiary/aromatic N) is 4. The van der Waals surface area contributed by atoms with Crippen molar-refractivity contribution in [2.75, 3.05) is 5.32 Å². The standard InChI is InChI=1S/C22H16BrN5OS/c1-12-9-10-14(21-27-28-13(2)25-26-22(28)30-21)11-19(12)24-20(29)17-7-3-6-16-15(17)5-4-8-18(16)23/h3-11H,1-2H3,(H,24,29). The van der Waals surface area contributed by atoms with E-state index in [-0.39, 0.29) is 5.91 Å². The summed E-state index contributed by atoms with van der Waals surface area (Å²) in [5, 5.41) is 18.6. The van der Waals surface area contributed by atoms with Gasteiger partial charge >= 0.3 is 0 Å². The lowest BCUT2D eigenvalue weighted by Gasteiger charge is -2.12. The van der Waals surface area contributed by atoms with Crippen LogP contribution in [0.5, 0.6) is 0 Å². The predicted octanol–water partition coefficient (Wildman–Crippen LogP) is 5.64. The Hall–Kier alpha value is -3.10. The third-order valence-corrected chi connectivity index (χ3v) is 6.63. The second-order valence-electron chi connectivity index (χ2n) is 6.97. The van der Waals surface area contributed by atoms with Gasteiger partial charge in [0.2, 0.25) is 4.96 Å². The van der Waals surface area contributed by atoms with Crippen molar-refractivity contribution in [3.05, 3.63) is 76.0 Å². The SMILES string of the molecule is Cc1ccc(-c2nn3c(C)nnc3s2)cc1NC(=O)c1cccc2c(Br)cccc12. The van der Waals surface area contributed by atoms with Crippen molar-refractivity contribution in [1.29, 1.82) is 0 Å².